The Hall–Kier alpha value is -2.01. The molecule has 0 amide bonds. The number of benzene rings is 1. The van der Waals surface area contributed by atoms with Gasteiger partial charge in [-0.3, -0.25) is 4.68 Å². The van der Waals surface area contributed by atoms with Crippen LogP contribution in [0.4, 0.5) is 0 Å². The Morgan fingerprint density at radius 3 is 3.11 bits per heavy atom. The smallest absolute Gasteiger partial charge is 0.231 e. The van der Waals surface area contributed by atoms with Crippen molar-refractivity contribution < 1.29 is 9.47 Å². The Bertz CT molecular complexity index is 566. The Morgan fingerprint density at radius 1 is 1.32 bits per heavy atom. The zero-order chi connectivity index (χ0) is 13.1. The number of aromatic nitrogens is 2. The van der Waals surface area contributed by atoms with E-state index in [0.717, 1.165) is 36.7 Å². The van der Waals surface area contributed by atoms with Gasteiger partial charge in [0, 0.05) is 37.0 Å². The van der Waals surface area contributed by atoms with Gasteiger partial charge in [-0.1, -0.05) is 12.1 Å². The molecule has 5 heteroatoms. The minimum atomic E-state index is 0.315. The molecule has 0 bridgehead atoms. The molecule has 19 heavy (non-hydrogen) atoms. The van der Waals surface area contributed by atoms with E-state index in [0.29, 0.717) is 6.79 Å². The zero-order valence-electron chi connectivity index (χ0n) is 10.9. The number of aryl methyl sites for hydroxylation is 1. The van der Waals surface area contributed by atoms with Crippen LogP contribution in [0.25, 0.3) is 0 Å². The molecule has 1 aliphatic rings. The average molecular weight is 259 g/mol. The number of fused-ring (bicyclic) bond motifs is 1. The van der Waals surface area contributed by atoms with Crippen LogP contribution >= 0.6 is 0 Å². The summed E-state index contributed by atoms with van der Waals surface area (Å²) in [6.45, 7) is 4.84. The van der Waals surface area contributed by atoms with E-state index in [1.54, 1.807) is 0 Å². The van der Waals surface area contributed by atoms with Gasteiger partial charge in [0.2, 0.25) is 6.79 Å². The van der Waals surface area contributed by atoms with Gasteiger partial charge in [0.05, 0.1) is 6.20 Å². The van der Waals surface area contributed by atoms with Crippen molar-refractivity contribution in [3.8, 4) is 11.5 Å². The fourth-order valence-corrected chi connectivity index (χ4v) is 2.14. The highest BCUT2D eigenvalue weighted by molar-refractivity contribution is 5.48. The molecule has 0 radical (unpaired) electrons. The largest absolute Gasteiger partial charge is 0.454 e. The lowest BCUT2D eigenvalue weighted by atomic mass is 10.2. The van der Waals surface area contributed by atoms with Crippen molar-refractivity contribution in [2.75, 3.05) is 6.79 Å². The van der Waals surface area contributed by atoms with Gasteiger partial charge in [0.15, 0.2) is 11.5 Å². The Kier molecular flexibility index (Phi) is 3.37. The molecule has 0 spiro atoms. The van der Waals surface area contributed by atoms with E-state index in [2.05, 4.69) is 29.6 Å². The molecule has 1 aliphatic heterocycles. The maximum absolute atomic E-state index is 5.48. The van der Waals surface area contributed by atoms with Crippen molar-refractivity contribution in [2.24, 2.45) is 0 Å². The number of para-hydroxylation sites is 1. The summed E-state index contributed by atoms with van der Waals surface area (Å²) in [5.74, 6) is 1.69. The normalized spacial score (nSPS) is 12.9. The van der Waals surface area contributed by atoms with Crippen molar-refractivity contribution in [1.82, 2.24) is 15.1 Å². The molecule has 100 valence electrons. The van der Waals surface area contributed by atoms with Crippen molar-refractivity contribution >= 4 is 0 Å². The van der Waals surface area contributed by atoms with Gasteiger partial charge in [-0.25, -0.2) is 0 Å². The first kappa shape index (κ1) is 12.0. The maximum atomic E-state index is 5.48. The van der Waals surface area contributed by atoms with E-state index in [-0.39, 0.29) is 0 Å². The molecule has 2 aromatic rings. The highest BCUT2D eigenvalue weighted by atomic mass is 16.7. The van der Waals surface area contributed by atoms with Crippen LogP contribution < -0.4 is 14.8 Å². The van der Waals surface area contributed by atoms with E-state index >= 15 is 0 Å². The van der Waals surface area contributed by atoms with Gasteiger partial charge in [-0.05, 0) is 13.0 Å². The van der Waals surface area contributed by atoms with Gasteiger partial charge in [-0.15, -0.1) is 0 Å². The number of hydrogen-bond donors (Lipinski definition) is 1. The standard InChI is InChI=1S/C14H17N3O2/c1-2-17-9-11(7-16-17)6-15-8-12-4-3-5-13-14(12)19-10-18-13/h3-5,7,9,15H,2,6,8,10H2,1H3. The van der Waals surface area contributed by atoms with Gasteiger partial charge < -0.3 is 14.8 Å². The summed E-state index contributed by atoms with van der Waals surface area (Å²) >= 11 is 0. The predicted molar refractivity (Wildman–Crippen MR) is 71.0 cm³/mol. The lowest BCUT2D eigenvalue weighted by molar-refractivity contribution is 0.173. The molecule has 5 nitrogen and oxygen atoms in total. The molecule has 0 fully saturated rings. The highest BCUT2D eigenvalue weighted by Gasteiger charge is 2.16. The number of ether oxygens (including phenoxy) is 2. The van der Waals surface area contributed by atoms with Gasteiger partial charge >= 0.3 is 0 Å². The number of nitrogens with zero attached hydrogens (tertiary/aromatic N) is 2. The van der Waals surface area contributed by atoms with E-state index in [1.807, 2.05) is 23.0 Å². The fourth-order valence-electron chi connectivity index (χ4n) is 2.14. The molecule has 0 saturated carbocycles. The van der Waals surface area contributed by atoms with Crippen molar-refractivity contribution in [2.45, 2.75) is 26.6 Å². The molecular weight excluding hydrogens is 242 g/mol. The molecule has 1 aromatic heterocycles. The van der Waals surface area contributed by atoms with Crippen molar-refractivity contribution in [3.05, 3.63) is 41.7 Å². The minimum absolute atomic E-state index is 0.315. The number of rotatable bonds is 5. The summed E-state index contributed by atoms with van der Waals surface area (Å²) in [5.41, 5.74) is 2.31. The fraction of sp³-hybridized carbons (Fsp3) is 0.357. The molecule has 2 heterocycles. The highest BCUT2D eigenvalue weighted by Crippen LogP contribution is 2.35. The third-order valence-electron chi connectivity index (χ3n) is 3.13. The third kappa shape index (κ3) is 2.56. The Morgan fingerprint density at radius 2 is 2.26 bits per heavy atom. The zero-order valence-corrected chi connectivity index (χ0v) is 10.9. The van der Waals surface area contributed by atoms with Gasteiger partial charge in [0.25, 0.3) is 0 Å². The summed E-state index contributed by atoms with van der Waals surface area (Å²) in [6.07, 6.45) is 3.95. The quantitative estimate of drug-likeness (QED) is 0.891. The summed E-state index contributed by atoms with van der Waals surface area (Å²) < 4.78 is 12.8. The third-order valence-corrected chi connectivity index (χ3v) is 3.13. The Balaban J connectivity index is 1.59. The lowest BCUT2D eigenvalue weighted by Crippen LogP contribution is -2.12. The van der Waals surface area contributed by atoms with E-state index in [4.69, 9.17) is 9.47 Å². The minimum Gasteiger partial charge on any atom is -0.454 e. The average Bonchev–Trinajstić information content (AvgIpc) is 3.07. The van der Waals surface area contributed by atoms with Crippen LogP contribution in [0, 0.1) is 0 Å². The SMILES string of the molecule is CCn1cc(CNCc2cccc3c2OCO3)cn1. The monoisotopic (exact) mass is 259 g/mol. The summed E-state index contributed by atoms with van der Waals surface area (Å²) in [4.78, 5) is 0. The summed E-state index contributed by atoms with van der Waals surface area (Å²) in [7, 11) is 0. The molecule has 0 unspecified atom stereocenters. The second kappa shape index (κ2) is 5.32. The van der Waals surface area contributed by atoms with Crippen LogP contribution in [0.5, 0.6) is 11.5 Å². The molecule has 0 saturated heterocycles. The van der Waals surface area contributed by atoms with Crippen LogP contribution in [0.2, 0.25) is 0 Å². The van der Waals surface area contributed by atoms with Crippen molar-refractivity contribution in [3.63, 3.8) is 0 Å². The maximum Gasteiger partial charge on any atom is 0.231 e. The first-order valence-corrected chi connectivity index (χ1v) is 6.46. The van der Waals surface area contributed by atoms with Crippen LogP contribution in [0.15, 0.2) is 30.6 Å². The topological polar surface area (TPSA) is 48.3 Å². The van der Waals surface area contributed by atoms with Crippen LogP contribution in [-0.4, -0.2) is 16.6 Å². The van der Waals surface area contributed by atoms with Crippen LogP contribution in [0.3, 0.4) is 0 Å². The van der Waals surface area contributed by atoms with Gasteiger partial charge in [0.1, 0.15) is 0 Å². The van der Waals surface area contributed by atoms with Gasteiger partial charge in [-0.2, -0.15) is 5.10 Å². The van der Waals surface area contributed by atoms with E-state index in [1.165, 1.54) is 5.56 Å². The Labute approximate surface area is 112 Å². The molecular formula is C14H17N3O2. The first-order valence-electron chi connectivity index (χ1n) is 6.46. The molecule has 3 rings (SSSR count). The molecule has 1 N–H and O–H groups in total. The number of nitrogens with one attached hydrogen (secondary N) is 1. The summed E-state index contributed by atoms with van der Waals surface area (Å²) in [5, 5.41) is 7.65. The summed E-state index contributed by atoms with van der Waals surface area (Å²) in [6, 6.07) is 5.97. The lowest BCUT2D eigenvalue weighted by Gasteiger charge is -2.06. The first-order chi connectivity index (χ1) is 9.36. The second-order valence-electron chi connectivity index (χ2n) is 4.46. The van der Waals surface area contributed by atoms with Crippen LogP contribution in [-0.2, 0) is 19.6 Å². The molecule has 0 aliphatic carbocycles. The molecule has 1 aromatic carbocycles. The number of hydrogen-bond acceptors (Lipinski definition) is 4. The predicted octanol–water partition coefficient (Wildman–Crippen LogP) is 1.92. The van der Waals surface area contributed by atoms with Crippen LogP contribution in [0.1, 0.15) is 18.1 Å². The van der Waals surface area contributed by atoms with E-state index in [9.17, 15) is 0 Å². The van der Waals surface area contributed by atoms with E-state index < -0.39 is 0 Å². The second-order valence-corrected chi connectivity index (χ2v) is 4.46. The molecule has 0 atom stereocenters. The van der Waals surface area contributed by atoms with Crippen molar-refractivity contribution in [1.29, 1.82) is 0 Å².